The van der Waals surface area contributed by atoms with E-state index in [1.807, 2.05) is 0 Å². The van der Waals surface area contributed by atoms with Gasteiger partial charge in [-0.15, -0.1) is 0 Å². The molecule has 2 aromatic rings. The molecule has 0 radical (unpaired) electrons. The lowest BCUT2D eigenvalue weighted by molar-refractivity contribution is -0.430. The van der Waals surface area contributed by atoms with Crippen molar-refractivity contribution in [3.8, 4) is 0 Å². The summed E-state index contributed by atoms with van der Waals surface area (Å²) in [5.41, 5.74) is -0.504. The SMILES string of the molecule is COC1=CC(F)=C([N+](=O)[O-])CC1Nc1ncnc(Nc2cc(F)c(C3CC3)cc2C(C)(C)O)n1. The quantitative estimate of drug-likeness (QED) is 0.383. The Morgan fingerprint density at radius 3 is 2.56 bits per heavy atom. The van der Waals surface area contributed by atoms with Gasteiger partial charge < -0.3 is 20.5 Å². The van der Waals surface area contributed by atoms with Gasteiger partial charge in [0.05, 0.1) is 30.1 Å². The van der Waals surface area contributed by atoms with Crippen molar-refractivity contribution in [1.82, 2.24) is 15.0 Å². The molecule has 1 heterocycles. The summed E-state index contributed by atoms with van der Waals surface area (Å²) in [7, 11) is 1.32. The Kier molecular flexibility index (Phi) is 6.17. The second-order valence-electron chi connectivity index (χ2n) is 8.71. The van der Waals surface area contributed by atoms with Crippen LogP contribution >= 0.6 is 0 Å². The Bertz CT molecular complexity index is 1190. The number of nitrogens with one attached hydrogen (secondary N) is 2. The van der Waals surface area contributed by atoms with Crippen molar-refractivity contribution < 1.29 is 23.5 Å². The molecule has 1 atom stereocenters. The van der Waals surface area contributed by atoms with Crippen LogP contribution in [0.4, 0.5) is 26.4 Å². The van der Waals surface area contributed by atoms with Gasteiger partial charge in [0.15, 0.2) is 5.83 Å². The zero-order valence-electron chi connectivity index (χ0n) is 18.8. The maximum absolute atomic E-state index is 14.7. The van der Waals surface area contributed by atoms with E-state index in [4.69, 9.17) is 4.74 Å². The predicted octanol–water partition coefficient (Wildman–Crippen LogP) is 4.03. The van der Waals surface area contributed by atoms with E-state index in [0.717, 1.165) is 18.9 Å². The average molecular weight is 474 g/mol. The van der Waals surface area contributed by atoms with Crippen molar-refractivity contribution in [3.05, 3.63) is 68.9 Å². The number of nitro groups is 1. The maximum atomic E-state index is 14.7. The molecular weight excluding hydrogens is 450 g/mol. The van der Waals surface area contributed by atoms with Gasteiger partial charge in [0.1, 0.15) is 17.9 Å². The third kappa shape index (κ3) is 4.96. The number of rotatable bonds is 8. The molecule has 0 bridgehead atoms. The summed E-state index contributed by atoms with van der Waals surface area (Å²) in [4.78, 5) is 22.6. The van der Waals surface area contributed by atoms with E-state index in [9.17, 15) is 24.0 Å². The van der Waals surface area contributed by atoms with Crippen LogP contribution in [0, 0.1) is 15.9 Å². The molecule has 0 amide bonds. The van der Waals surface area contributed by atoms with Crippen molar-refractivity contribution in [1.29, 1.82) is 0 Å². The molecule has 1 saturated carbocycles. The number of halogens is 2. The van der Waals surface area contributed by atoms with Gasteiger partial charge >= 0.3 is 0 Å². The summed E-state index contributed by atoms with van der Waals surface area (Å²) in [6.45, 7) is 3.20. The second-order valence-corrected chi connectivity index (χ2v) is 8.71. The Labute approximate surface area is 193 Å². The normalized spacial score (nSPS) is 18.4. The first kappa shape index (κ1) is 23.5. The fourth-order valence-corrected chi connectivity index (χ4v) is 3.79. The summed E-state index contributed by atoms with van der Waals surface area (Å²) < 4.78 is 33.8. The topological polar surface area (TPSA) is 135 Å². The first-order chi connectivity index (χ1) is 16.1. The third-order valence-electron chi connectivity index (χ3n) is 5.68. The predicted molar refractivity (Wildman–Crippen MR) is 119 cm³/mol. The van der Waals surface area contributed by atoms with Gasteiger partial charge in [0.25, 0.3) is 5.70 Å². The molecule has 0 saturated heterocycles. The maximum Gasteiger partial charge on any atom is 0.284 e. The lowest BCUT2D eigenvalue weighted by Gasteiger charge is -2.24. The molecule has 0 spiro atoms. The van der Waals surface area contributed by atoms with Gasteiger partial charge in [-0.25, -0.2) is 14.4 Å². The number of hydrogen-bond acceptors (Lipinski definition) is 9. The van der Waals surface area contributed by atoms with E-state index < -0.39 is 28.1 Å². The molecule has 2 aliphatic rings. The molecule has 4 rings (SSSR count). The van der Waals surface area contributed by atoms with E-state index >= 15 is 0 Å². The fourth-order valence-electron chi connectivity index (χ4n) is 3.79. The lowest BCUT2D eigenvalue weighted by Crippen LogP contribution is -2.29. The molecule has 0 aliphatic heterocycles. The van der Waals surface area contributed by atoms with Crippen molar-refractivity contribution in [2.24, 2.45) is 0 Å². The van der Waals surface area contributed by atoms with Gasteiger partial charge in [-0.1, -0.05) is 0 Å². The van der Waals surface area contributed by atoms with E-state index in [2.05, 4.69) is 25.6 Å². The van der Waals surface area contributed by atoms with Crippen LogP contribution < -0.4 is 10.6 Å². The highest BCUT2D eigenvalue weighted by atomic mass is 19.1. The standard InChI is InChI=1S/C22H24F2N6O4/c1-22(2,31)13-6-12(11-4-5-11)14(23)7-16(13)27-20-25-10-26-21(29-20)28-17-9-18(30(32)33)15(24)8-19(17)34-3/h6-8,10-11,17,31H,4-5,9H2,1-3H3,(H2,25,26,27,28,29). The van der Waals surface area contributed by atoms with E-state index in [1.165, 1.54) is 19.5 Å². The Balaban J connectivity index is 1.59. The Morgan fingerprint density at radius 1 is 1.24 bits per heavy atom. The number of nitrogens with zero attached hydrogens (tertiary/aromatic N) is 4. The van der Waals surface area contributed by atoms with Crippen LogP contribution in [0.5, 0.6) is 0 Å². The van der Waals surface area contributed by atoms with Gasteiger partial charge in [-0.2, -0.15) is 9.37 Å². The number of hydrogen-bond donors (Lipinski definition) is 3. The number of benzene rings is 1. The zero-order valence-corrected chi connectivity index (χ0v) is 18.8. The largest absolute Gasteiger partial charge is 0.499 e. The van der Waals surface area contributed by atoms with Crippen molar-refractivity contribution >= 4 is 17.6 Å². The molecule has 3 N–H and O–H groups in total. The molecule has 180 valence electrons. The summed E-state index contributed by atoms with van der Waals surface area (Å²) >= 11 is 0. The number of ether oxygens (including phenoxy) is 1. The van der Waals surface area contributed by atoms with Crippen molar-refractivity contribution in [2.45, 2.75) is 50.7 Å². The number of aliphatic hydroxyl groups is 1. The van der Waals surface area contributed by atoms with Gasteiger partial charge in [0, 0.05) is 17.3 Å². The van der Waals surface area contributed by atoms with Crippen LogP contribution in [-0.4, -0.2) is 38.1 Å². The smallest absolute Gasteiger partial charge is 0.284 e. The summed E-state index contributed by atoms with van der Waals surface area (Å²) in [5.74, 6) is -0.978. The highest BCUT2D eigenvalue weighted by molar-refractivity contribution is 5.62. The summed E-state index contributed by atoms with van der Waals surface area (Å²) in [6.07, 6.45) is 3.67. The average Bonchev–Trinajstić information content (AvgIpc) is 3.59. The minimum Gasteiger partial charge on any atom is -0.499 e. The number of anilines is 3. The van der Waals surface area contributed by atoms with Crippen molar-refractivity contribution in [2.75, 3.05) is 17.7 Å². The second kappa shape index (κ2) is 8.93. The molecule has 1 fully saturated rings. The Hall–Kier alpha value is -3.67. The Morgan fingerprint density at radius 2 is 1.94 bits per heavy atom. The number of methoxy groups -OCH3 is 1. The molecule has 34 heavy (non-hydrogen) atoms. The van der Waals surface area contributed by atoms with Crippen LogP contribution in [-0.2, 0) is 10.3 Å². The van der Waals surface area contributed by atoms with E-state index in [1.54, 1.807) is 19.9 Å². The first-order valence-electron chi connectivity index (χ1n) is 10.6. The molecule has 2 aliphatic carbocycles. The minimum atomic E-state index is -1.26. The molecule has 10 nitrogen and oxygen atoms in total. The third-order valence-corrected chi connectivity index (χ3v) is 5.68. The number of aromatic nitrogens is 3. The van der Waals surface area contributed by atoms with E-state index in [-0.39, 0.29) is 35.8 Å². The van der Waals surface area contributed by atoms with Crippen LogP contribution in [0.25, 0.3) is 0 Å². The highest BCUT2D eigenvalue weighted by Gasteiger charge is 2.33. The van der Waals surface area contributed by atoms with Crippen LogP contribution in [0.15, 0.2) is 41.8 Å². The summed E-state index contributed by atoms with van der Waals surface area (Å²) in [6, 6.07) is 2.18. The zero-order chi connectivity index (χ0) is 24.6. The van der Waals surface area contributed by atoms with Gasteiger partial charge in [0.2, 0.25) is 11.9 Å². The molecule has 1 aromatic heterocycles. The lowest BCUT2D eigenvalue weighted by atomic mass is 9.93. The molecule has 1 aromatic carbocycles. The number of allylic oxidation sites excluding steroid dienone is 2. The van der Waals surface area contributed by atoms with Crippen LogP contribution in [0.1, 0.15) is 50.2 Å². The van der Waals surface area contributed by atoms with Crippen LogP contribution in [0.3, 0.4) is 0 Å². The van der Waals surface area contributed by atoms with Crippen LogP contribution in [0.2, 0.25) is 0 Å². The van der Waals surface area contributed by atoms with Gasteiger partial charge in [-0.05, 0) is 50.3 Å². The van der Waals surface area contributed by atoms with Gasteiger partial charge in [-0.3, -0.25) is 10.1 Å². The summed E-state index contributed by atoms with van der Waals surface area (Å²) in [5, 5.41) is 27.6. The highest BCUT2D eigenvalue weighted by Crippen LogP contribution is 2.44. The minimum absolute atomic E-state index is 0.0373. The van der Waals surface area contributed by atoms with Crippen molar-refractivity contribution in [3.63, 3.8) is 0 Å². The first-order valence-corrected chi connectivity index (χ1v) is 10.6. The molecule has 1 unspecified atom stereocenters. The monoisotopic (exact) mass is 474 g/mol. The molecule has 12 heteroatoms. The van der Waals surface area contributed by atoms with E-state index in [0.29, 0.717) is 16.8 Å². The molecular formula is C22H24F2N6O4. The fraction of sp³-hybridized carbons (Fsp3) is 0.409.